The Morgan fingerprint density at radius 3 is 1.67 bits per heavy atom. The monoisotopic (exact) mass is 672 g/mol. The van der Waals surface area contributed by atoms with Crippen molar-refractivity contribution in [3.05, 3.63) is 159 Å². The molecule has 49 heavy (non-hydrogen) atoms. The summed E-state index contributed by atoms with van der Waals surface area (Å²) in [6, 6.07) is 38.8. The number of methoxy groups -OCH3 is 1. The van der Waals surface area contributed by atoms with Gasteiger partial charge in [0.1, 0.15) is 19.0 Å². The average molecular weight is 673 g/mol. The molecule has 7 aromatic rings. The van der Waals surface area contributed by atoms with Gasteiger partial charge in [0.2, 0.25) is 0 Å². The Hall–Kier alpha value is -5.93. The largest absolute Gasteiger partial charge is 0.497 e. The van der Waals surface area contributed by atoms with Crippen molar-refractivity contribution in [2.45, 2.75) is 20.0 Å². The minimum Gasteiger partial charge on any atom is -0.497 e. The van der Waals surface area contributed by atoms with Crippen LogP contribution < -0.4 is 25.5 Å². The predicted octanol–water partition coefficient (Wildman–Crippen LogP) is 7.26. The zero-order valence-corrected chi connectivity index (χ0v) is 27.7. The molecule has 246 valence electrons. The third-order valence-corrected chi connectivity index (χ3v) is 7.81. The van der Waals surface area contributed by atoms with Crippen LogP contribution in [0.1, 0.15) is 18.9 Å². The van der Waals surface area contributed by atoms with Gasteiger partial charge in [0.25, 0.3) is 11.1 Å². The molecule has 5 aromatic carbocycles. The molecule has 0 saturated heterocycles. The molecular formula is C39H33ClN4O5. The second-order valence-electron chi connectivity index (χ2n) is 10.9. The molecule has 2 aromatic heterocycles. The average Bonchev–Trinajstić information content (AvgIpc) is 3.15. The number of ether oxygens (including phenoxy) is 1. The predicted molar refractivity (Wildman–Crippen MR) is 193 cm³/mol. The molecular weight excluding hydrogens is 640 g/mol. The number of rotatable bonds is 9. The first-order chi connectivity index (χ1) is 24.0. The van der Waals surface area contributed by atoms with E-state index < -0.39 is 0 Å². The van der Waals surface area contributed by atoms with E-state index in [1.165, 1.54) is 9.46 Å². The summed E-state index contributed by atoms with van der Waals surface area (Å²) >= 11 is 5.92. The zero-order valence-electron chi connectivity index (χ0n) is 27.0. The fourth-order valence-corrected chi connectivity index (χ4v) is 5.19. The molecule has 0 atom stereocenters. The van der Waals surface area contributed by atoms with Crippen molar-refractivity contribution in [1.82, 2.24) is 19.4 Å². The molecule has 0 unspecified atom stereocenters. The quantitative estimate of drug-likeness (QED) is 0.159. The molecule has 0 fully saturated rings. The highest BCUT2D eigenvalue weighted by Gasteiger charge is 2.15. The van der Waals surface area contributed by atoms with Crippen LogP contribution in [0.2, 0.25) is 5.02 Å². The molecule has 0 aliphatic rings. The van der Waals surface area contributed by atoms with Crippen LogP contribution in [0.25, 0.3) is 44.6 Å². The number of para-hydroxylation sites is 2. The second-order valence-corrected chi connectivity index (χ2v) is 11.4. The standard InChI is InChI=1S/C21H15ClN2O2.C18H18N2O3/c22-17-12-10-15(11-13-17)14-26-24-20(16-6-2-1-3-7-16)23-19-9-5-4-8-18(19)21(24)25;1-3-12-23-20-17(13-8-10-14(22-2)11-9-13)19-16-7-5-4-6-15(16)18(20)21/h1-13H,14H2;4-11H,3,12H2,1-2H3. The summed E-state index contributed by atoms with van der Waals surface area (Å²) in [5.74, 6) is 1.71. The van der Waals surface area contributed by atoms with E-state index in [4.69, 9.17) is 26.0 Å². The minimum absolute atomic E-state index is 0.199. The Balaban J connectivity index is 0.000000171. The van der Waals surface area contributed by atoms with Gasteiger partial charge in [-0.05, 0) is 72.6 Å². The van der Waals surface area contributed by atoms with E-state index >= 15 is 0 Å². The molecule has 10 heteroatoms. The van der Waals surface area contributed by atoms with E-state index in [0.29, 0.717) is 45.1 Å². The van der Waals surface area contributed by atoms with Gasteiger partial charge in [-0.15, -0.1) is 9.46 Å². The maximum atomic E-state index is 13.0. The van der Waals surface area contributed by atoms with Crippen LogP contribution in [0, 0.1) is 0 Å². The maximum Gasteiger partial charge on any atom is 0.294 e. The lowest BCUT2D eigenvalue weighted by Gasteiger charge is -2.14. The Morgan fingerprint density at radius 2 is 1.12 bits per heavy atom. The summed E-state index contributed by atoms with van der Waals surface area (Å²) in [5, 5.41) is 1.72. The normalized spacial score (nSPS) is 10.8. The Labute approximate surface area is 287 Å². The van der Waals surface area contributed by atoms with Crippen LogP contribution in [-0.4, -0.2) is 33.1 Å². The lowest BCUT2D eigenvalue weighted by molar-refractivity contribution is 0.0921. The van der Waals surface area contributed by atoms with E-state index in [0.717, 1.165) is 28.9 Å². The molecule has 0 aliphatic heterocycles. The van der Waals surface area contributed by atoms with Crippen molar-refractivity contribution < 1.29 is 14.4 Å². The van der Waals surface area contributed by atoms with E-state index in [-0.39, 0.29) is 17.7 Å². The van der Waals surface area contributed by atoms with Gasteiger partial charge in [-0.25, -0.2) is 9.97 Å². The first-order valence-corrected chi connectivity index (χ1v) is 16.1. The smallest absolute Gasteiger partial charge is 0.294 e. The topological polar surface area (TPSA) is 97.5 Å². The van der Waals surface area contributed by atoms with Crippen LogP contribution in [0.4, 0.5) is 0 Å². The summed E-state index contributed by atoms with van der Waals surface area (Å²) in [6.07, 6.45) is 0.807. The number of nitrogens with zero attached hydrogens (tertiary/aromatic N) is 4. The summed E-state index contributed by atoms with van der Waals surface area (Å²) in [5.41, 5.74) is 3.38. The number of aromatic nitrogens is 4. The molecule has 7 rings (SSSR count). The molecule has 0 radical (unpaired) electrons. The van der Waals surface area contributed by atoms with Crippen molar-refractivity contribution in [3.8, 4) is 28.5 Å². The molecule has 0 spiro atoms. The molecule has 9 nitrogen and oxygen atoms in total. The molecule has 0 N–H and O–H groups in total. The first-order valence-electron chi connectivity index (χ1n) is 15.7. The van der Waals surface area contributed by atoms with Crippen molar-refractivity contribution in [2.24, 2.45) is 0 Å². The van der Waals surface area contributed by atoms with Gasteiger partial charge in [0, 0.05) is 16.1 Å². The highest BCUT2D eigenvalue weighted by Crippen LogP contribution is 2.22. The van der Waals surface area contributed by atoms with E-state index in [1.54, 1.807) is 31.4 Å². The maximum absolute atomic E-state index is 13.0. The van der Waals surface area contributed by atoms with E-state index in [9.17, 15) is 9.59 Å². The molecule has 2 heterocycles. The number of hydrogen-bond donors (Lipinski definition) is 0. The number of benzene rings is 5. The third-order valence-electron chi connectivity index (χ3n) is 7.55. The van der Waals surface area contributed by atoms with Crippen molar-refractivity contribution in [3.63, 3.8) is 0 Å². The van der Waals surface area contributed by atoms with E-state index in [2.05, 4.69) is 9.97 Å². The Morgan fingerprint density at radius 1 is 0.612 bits per heavy atom. The fourth-order valence-electron chi connectivity index (χ4n) is 5.07. The highest BCUT2D eigenvalue weighted by molar-refractivity contribution is 6.30. The lowest BCUT2D eigenvalue weighted by atomic mass is 10.2. The van der Waals surface area contributed by atoms with Gasteiger partial charge in [-0.1, -0.05) is 85.3 Å². The summed E-state index contributed by atoms with van der Waals surface area (Å²) in [6.45, 7) is 2.67. The van der Waals surface area contributed by atoms with Crippen LogP contribution in [-0.2, 0) is 6.61 Å². The summed E-state index contributed by atoms with van der Waals surface area (Å²) in [7, 11) is 1.61. The molecule has 0 bridgehead atoms. The Bertz CT molecular complexity index is 2310. The van der Waals surface area contributed by atoms with Crippen LogP contribution in [0.3, 0.4) is 0 Å². The van der Waals surface area contributed by atoms with Gasteiger partial charge >= 0.3 is 0 Å². The van der Waals surface area contributed by atoms with Gasteiger partial charge in [-0.3, -0.25) is 9.59 Å². The minimum atomic E-state index is -0.233. The Kier molecular flexibility index (Phi) is 10.3. The fraction of sp³-hybridized carbons (Fsp3) is 0.128. The molecule has 0 amide bonds. The van der Waals surface area contributed by atoms with E-state index in [1.807, 2.05) is 110 Å². The van der Waals surface area contributed by atoms with Crippen LogP contribution in [0.15, 0.2) is 137 Å². The highest BCUT2D eigenvalue weighted by atomic mass is 35.5. The second kappa shape index (κ2) is 15.3. The van der Waals surface area contributed by atoms with Crippen molar-refractivity contribution in [2.75, 3.05) is 13.7 Å². The SMILES string of the molecule is CCCOn1c(-c2ccc(OC)cc2)nc2ccccc2c1=O.O=c1c2ccccc2nc(-c2ccccc2)n1OCc1ccc(Cl)cc1. The lowest BCUT2D eigenvalue weighted by Crippen LogP contribution is -2.30. The van der Waals surface area contributed by atoms with Crippen molar-refractivity contribution in [1.29, 1.82) is 0 Å². The van der Waals surface area contributed by atoms with Gasteiger partial charge < -0.3 is 14.4 Å². The van der Waals surface area contributed by atoms with Gasteiger partial charge in [-0.2, -0.15) is 0 Å². The van der Waals surface area contributed by atoms with Gasteiger partial charge in [0.05, 0.1) is 28.9 Å². The number of hydrogen-bond acceptors (Lipinski definition) is 7. The third kappa shape index (κ3) is 7.47. The summed E-state index contributed by atoms with van der Waals surface area (Å²) in [4.78, 5) is 46.5. The van der Waals surface area contributed by atoms with Crippen molar-refractivity contribution >= 4 is 33.4 Å². The molecule has 0 saturated carbocycles. The zero-order chi connectivity index (χ0) is 34.2. The van der Waals surface area contributed by atoms with Crippen LogP contribution in [0.5, 0.6) is 5.75 Å². The van der Waals surface area contributed by atoms with Crippen LogP contribution >= 0.6 is 11.6 Å². The molecule has 0 aliphatic carbocycles. The first kappa shape index (κ1) is 33.0. The number of fused-ring (bicyclic) bond motifs is 2. The summed E-state index contributed by atoms with van der Waals surface area (Å²) < 4.78 is 7.73. The van der Waals surface area contributed by atoms with Gasteiger partial charge in [0.15, 0.2) is 11.6 Å². The number of halogens is 1.